The summed E-state index contributed by atoms with van der Waals surface area (Å²) in [5.41, 5.74) is 6.36. The molecule has 1 unspecified atom stereocenters. The smallest absolute Gasteiger partial charge is 0.323 e. The van der Waals surface area contributed by atoms with Gasteiger partial charge in [-0.05, 0) is 18.6 Å². The Balaban J connectivity index is 2.58. The molecule has 116 valence electrons. The van der Waals surface area contributed by atoms with Crippen molar-refractivity contribution in [2.75, 3.05) is 19.5 Å². The molecule has 0 heterocycles. The monoisotopic (exact) mass is 314 g/mol. The normalized spacial score (nSPS) is 11.8. The third kappa shape index (κ3) is 5.24. The predicted octanol–water partition coefficient (Wildman–Crippen LogP) is 1.73. The second-order valence-electron chi connectivity index (χ2n) is 4.14. The number of hydrogen-bond acceptors (Lipinski definition) is 7. The summed E-state index contributed by atoms with van der Waals surface area (Å²) in [6.07, 6.45) is 0. The fourth-order valence-corrected chi connectivity index (χ4v) is 2.51. The van der Waals surface area contributed by atoms with Crippen LogP contribution in [-0.2, 0) is 15.3 Å². The van der Waals surface area contributed by atoms with Gasteiger partial charge < -0.3 is 15.2 Å². The van der Waals surface area contributed by atoms with Gasteiger partial charge in [-0.25, -0.2) is 0 Å². The third-order valence-corrected chi connectivity index (χ3v) is 3.73. The molecule has 1 rings (SSSR count). The van der Waals surface area contributed by atoms with E-state index in [1.807, 2.05) is 0 Å². The zero-order chi connectivity index (χ0) is 15.8. The molecule has 21 heavy (non-hydrogen) atoms. The van der Waals surface area contributed by atoms with Crippen LogP contribution in [0.3, 0.4) is 0 Å². The zero-order valence-corrected chi connectivity index (χ0v) is 12.7. The maximum absolute atomic E-state index is 11.3. The topological polar surface area (TPSA) is 105 Å². The standard InChI is InChI=1S/C13H18N2O5S/c1-3-20-13(16)10(14)8-21-7-9-4-5-12(19-2)11(6-9)15(17)18/h4-6,10H,3,7-8,14H2,1-2H3. The first-order chi connectivity index (χ1) is 9.99. The van der Waals surface area contributed by atoms with Crippen molar-refractivity contribution in [1.29, 1.82) is 0 Å². The fraction of sp³-hybridized carbons (Fsp3) is 0.462. The molecule has 0 fully saturated rings. The Kier molecular flexibility index (Phi) is 6.97. The van der Waals surface area contributed by atoms with Crippen molar-refractivity contribution < 1.29 is 19.2 Å². The van der Waals surface area contributed by atoms with Gasteiger partial charge in [0.1, 0.15) is 6.04 Å². The van der Waals surface area contributed by atoms with Crippen LogP contribution in [0.25, 0.3) is 0 Å². The van der Waals surface area contributed by atoms with Gasteiger partial charge in [0, 0.05) is 17.6 Å². The van der Waals surface area contributed by atoms with Gasteiger partial charge >= 0.3 is 11.7 Å². The van der Waals surface area contributed by atoms with Crippen molar-refractivity contribution >= 4 is 23.4 Å². The summed E-state index contributed by atoms with van der Waals surface area (Å²) in [7, 11) is 1.38. The zero-order valence-electron chi connectivity index (χ0n) is 11.9. The average molecular weight is 314 g/mol. The summed E-state index contributed by atoms with van der Waals surface area (Å²) in [6, 6.07) is 4.07. The minimum atomic E-state index is -0.691. The molecule has 1 atom stereocenters. The van der Waals surface area contributed by atoms with Crippen molar-refractivity contribution in [3.05, 3.63) is 33.9 Å². The number of rotatable bonds is 8. The first-order valence-corrected chi connectivity index (χ1v) is 7.46. The highest BCUT2D eigenvalue weighted by Crippen LogP contribution is 2.29. The molecule has 7 nitrogen and oxygen atoms in total. The Morgan fingerprint density at radius 1 is 1.52 bits per heavy atom. The van der Waals surface area contributed by atoms with E-state index < -0.39 is 16.9 Å². The van der Waals surface area contributed by atoms with Crippen molar-refractivity contribution in [2.45, 2.75) is 18.7 Å². The number of carbonyl (C=O) groups excluding carboxylic acids is 1. The molecule has 0 radical (unpaired) electrons. The first-order valence-electron chi connectivity index (χ1n) is 6.30. The summed E-state index contributed by atoms with van der Waals surface area (Å²) in [5.74, 6) is 0.680. The number of methoxy groups -OCH3 is 1. The minimum absolute atomic E-state index is 0.0784. The highest BCUT2D eigenvalue weighted by atomic mass is 32.2. The Morgan fingerprint density at radius 2 is 2.24 bits per heavy atom. The lowest BCUT2D eigenvalue weighted by molar-refractivity contribution is -0.385. The van der Waals surface area contributed by atoms with E-state index in [1.54, 1.807) is 19.1 Å². The van der Waals surface area contributed by atoms with Crippen molar-refractivity contribution in [3.8, 4) is 5.75 Å². The van der Waals surface area contributed by atoms with E-state index in [0.717, 1.165) is 5.56 Å². The van der Waals surface area contributed by atoms with E-state index in [4.69, 9.17) is 15.2 Å². The SMILES string of the molecule is CCOC(=O)C(N)CSCc1ccc(OC)c([N+](=O)[O-])c1. The quantitative estimate of drug-likeness (QED) is 0.442. The Hall–Kier alpha value is -1.80. The van der Waals surface area contributed by atoms with E-state index in [2.05, 4.69) is 0 Å². The highest BCUT2D eigenvalue weighted by molar-refractivity contribution is 7.98. The number of nitro groups is 1. The van der Waals surface area contributed by atoms with Crippen LogP contribution in [-0.4, -0.2) is 36.4 Å². The molecule has 0 aromatic heterocycles. The Morgan fingerprint density at radius 3 is 2.81 bits per heavy atom. The summed E-state index contributed by atoms with van der Waals surface area (Å²) >= 11 is 1.41. The van der Waals surface area contributed by atoms with Crippen LogP contribution in [0.5, 0.6) is 5.75 Å². The predicted molar refractivity (Wildman–Crippen MR) is 80.4 cm³/mol. The number of benzene rings is 1. The molecule has 0 bridgehead atoms. The largest absolute Gasteiger partial charge is 0.490 e. The summed E-state index contributed by atoms with van der Waals surface area (Å²) in [6.45, 7) is 2.01. The number of nitrogens with zero attached hydrogens (tertiary/aromatic N) is 1. The van der Waals surface area contributed by atoms with Gasteiger partial charge in [0.25, 0.3) is 0 Å². The summed E-state index contributed by atoms with van der Waals surface area (Å²) in [5, 5.41) is 10.9. The van der Waals surface area contributed by atoms with Gasteiger partial charge in [0.2, 0.25) is 0 Å². The van der Waals surface area contributed by atoms with Crippen LogP contribution in [0.2, 0.25) is 0 Å². The van der Waals surface area contributed by atoms with Crippen molar-refractivity contribution in [2.24, 2.45) is 5.73 Å². The number of hydrogen-bond donors (Lipinski definition) is 1. The fourth-order valence-electron chi connectivity index (χ4n) is 1.59. The van der Waals surface area contributed by atoms with Gasteiger partial charge in [-0.3, -0.25) is 14.9 Å². The number of nitro benzene ring substituents is 1. The van der Waals surface area contributed by atoms with E-state index in [0.29, 0.717) is 18.1 Å². The van der Waals surface area contributed by atoms with Crippen LogP contribution in [0.1, 0.15) is 12.5 Å². The molecule has 0 aliphatic carbocycles. The lowest BCUT2D eigenvalue weighted by atomic mass is 10.2. The van der Waals surface area contributed by atoms with Crippen LogP contribution in [0.4, 0.5) is 5.69 Å². The van der Waals surface area contributed by atoms with Crippen molar-refractivity contribution in [3.63, 3.8) is 0 Å². The first kappa shape index (κ1) is 17.3. The molecule has 0 amide bonds. The molecule has 1 aromatic rings. The van der Waals surface area contributed by atoms with E-state index in [9.17, 15) is 14.9 Å². The van der Waals surface area contributed by atoms with Crippen LogP contribution >= 0.6 is 11.8 Å². The molecule has 2 N–H and O–H groups in total. The minimum Gasteiger partial charge on any atom is -0.490 e. The maximum Gasteiger partial charge on any atom is 0.323 e. The highest BCUT2D eigenvalue weighted by Gasteiger charge is 2.17. The number of ether oxygens (including phenoxy) is 2. The van der Waals surface area contributed by atoms with E-state index in [-0.39, 0.29) is 11.4 Å². The van der Waals surface area contributed by atoms with Gasteiger partial charge in [-0.2, -0.15) is 11.8 Å². The molecule has 0 saturated heterocycles. The Labute approximate surface area is 126 Å². The third-order valence-electron chi connectivity index (χ3n) is 2.60. The van der Waals surface area contributed by atoms with E-state index in [1.165, 1.54) is 24.9 Å². The summed E-state index contributed by atoms with van der Waals surface area (Å²) < 4.78 is 9.74. The second-order valence-corrected chi connectivity index (χ2v) is 5.17. The van der Waals surface area contributed by atoms with E-state index >= 15 is 0 Å². The van der Waals surface area contributed by atoms with Crippen LogP contribution < -0.4 is 10.5 Å². The molecule has 0 aliphatic rings. The Bertz CT molecular complexity index is 509. The van der Waals surface area contributed by atoms with Gasteiger partial charge in [-0.1, -0.05) is 6.07 Å². The molecular weight excluding hydrogens is 296 g/mol. The van der Waals surface area contributed by atoms with Gasteiger partial charge in [-0.15, -0.1) is 0 Å². The van der Waals surface area contributed by atoms with Gasteiger partial charge in [0.05, 0.1) is 18.6 Å². The molecule has 0 spiro atoms. The van der Waals surface area contributed by atoms with Crippen molar-refractivity contribution in [1.82, 2.24) is 0 Å². The number of thioether (sulfide) groups is 1. The lowest BCUT2D eigenvalue weighted by Crippen LogP contribution is -2.34. The number of carbonyl (C=O) groups is 1. The molecular formula is C13H18N2O5S. The molecule has 0 aliphatic heterocycles. The lowest BCUT2D eigenvalue weighted by Gasteiger charge is -2.10. The maximum atomic E-state index is 11.3. The van der Waals surface area contributed by atoms with Crippen LogP contribution in [0, 0.1) is 10.1 Å². The van der Waals surface area contributed by atoms with Crippen LogP contribution in [0.15, 0.2) is 18.2 Å². The number of esters is 1. The molecule has 8 heteroatoms. The second kappa shape index (κ2) is 8.48. The average Bonchev–Trinajstić information content (AvgIpc) is 2.47. The number of nitrogens with two attached hydrogens (primary N) is 1. The molecule has 0 saturated carbocycles. The summed E-state index contributed by atoms with van der Waals surface area (Å²) in [4.78, 5) is 21.8. The molecule has 1 aromatic carbocycles. The van der Waals surface area contributed by atoms with Gasteiger partial charge in [0.15, 0.2) is 5.75 Å².